The van der Waals surface area contributed by atoms with Gasteiger partial charge in [0.2, 0.25) is 0 Å². The van der Waals surface area contributed by atoms with Crippen molar-refractivity contribution in [2.24, 2.45) is 0 Å². The number of carbonyl (C=O) groups excluding carboxylic acids is 1. The number of aromatic nitrogens is 2. The molecule has 1 aliphatic heterocycles. The summed E-state index contributed by atoms with van der Waals surface area (Å²) in [4.78, 5) is 17.5. The molecule has 1 aliphatic rings. The maximum atomic E-state index is 13.3. The lowest BCUT2D eigenvalue weighted by Crippen LogP contribution is -2.49. The highest BCUT2D eigenvalue weighted by Crippen LogP contribution is 2.23. The Kier molecular flexibility index (Phi) is 5.61. The van der Waals surface area contributed by atoms with Gasteiger partial charge in [0.05, 0.1) is 25.6 Å². The van der Waals surface area contributed by atoms with Crippen LogP contribution in [-0.4, -0.2) is 61.0 Å². The molecule has 4 rings (SSSR count). The Hall–Kier alpha value is -3.48. The van der Waals surface area contributed by atoms with E-state index in [2.05, 4.69) is 22.1 Å². The molecule has 0 N–H and O–H groups in total. The molecule has 0 bridgehead atoms. The molecular formula is C23H26N4O3. The number of aryl methyl sites for hydroxylation is 1. The fourth-order valence-corrected chi connectivity index (χ4v) is 3.71. The Morgan fingerprint density at radius 3 is 2.23 bits per heavy atom. The van der Waals surface area contributed by atoms with Crippen molar-refractivity contribution >= 4 is 11.6 Å². The monoisotopic (exact) mass is 406 g/mol. The van der Waals surface area contributed by atoms with E-state index < -0.39 is 0 Å². The zero-order chi connectivity index (χ0) is 21.1. The van der Waals surface area contributed by atoms with Crippen molar-refractivity contribution in [3.05, 3.63) is 66.0 Å². The maximum Gasteiger partial charge on any atom is 0.272 e. The fraction of sp³-hybridized carbons (Fsp3) is 0.304. The van der Waals surface area contributed by atoms with E-state index in [1.165, 1.54) is 0 Å². The third-order valence-corrected chi connectivity index (χ3v) is 5.35. The summed E-state index contributed by atoms with van der Waals surface area (Å²) in [7, 11) is 3.29. The van der Waals surface area contributed by atoms with Crippen molar-refractivity contribution in [2.75, 3.05) is 45.3 Å². The lowest BCUT2D eigenvalue weighted by atomic mass is 10.2. The lowest BCUT2D eigenvalue weighted by Gasteiger charge is -2.36. The van der Waals surface area contributed by atoms with Crippen LogP contribution in [0.1, 0.15) is 16.2 Å². The molecule has 3 aromatic rings. The first-order valence-electron chi connectivity index (χ1n) is 9.98. The largest absolute Gasteiger partial charge is 0.497 e. The van der Waals surface area contributed by atoms with Gasteiger partial charge in [-0.05, 0) is 49.4 Å². The molecule has 1 fully saturated rings. The maximum absolute atomic E-state index is 13.3. The van der Waals surface area contributed by atoms with Crippen LogP contribution in [-0.2, 0) is 0 Å². The number of hydrogen-bond donors (Lipinski definition) is 0. The highest BCUT2D eigenvalue weighted by atomic mass is 16.5. The molecule has 0 saturated carbocycles. The topological polar surface area (TPSA) is 59.8 Å². The number of piperazine rings is 1. The van der Waals surface area contributed by atoms with Gasteiger partial charge in [-0.2, -0.15) is 5.10 Å². The van der Waals surface area contributed by atoms with Crippen LogP contribution in [0, 0.1) is 6.92 Å². The zero-order valence-corrected chi connectivity index (χ0v) is 17.5. The minimum absolute atomic E-state index is 0.00667. The molecule has 1 aromatic heterocycles. The number of carbonyl (C=O) groups is 1. The Labute approximate surface area is 176 Å². The number of amides is 1. The first-order valence-corrected chi connectivity index (χ1v) is 9.98. The Morgan fingerprint density at radius 1 is 0.867 bits per heavy atom. The van der Waals surface area contributed by atoms with Gasteiger partial charge >= 0.3 is 0 Å². The van der Waals surface area contributed by atoms with E-state index in [-0.39, 0.29) is 5.91 Å². The number of nitrogens with zero attached hydrogens (tertiary/aromatic N) is 4. The smallest absolute Gasteiger partial charge is 0.272 e. The van der Waals surface area contributed by atoms with Gasteiger partial charge in [0.15, 0.2) is 0 Å². The highest BCUT2D eigenvalue weighted by molar-refractivity contribution is 5.93. The minimum Gasteiger partial charge on any atom is -0.497 e. The molecule has 1 amide bonds. The molecule has 0 unspecified atom stereocenters. The van der Waals surface area contributed by atoms with Gasteiger partial charge in [-0.25, -0.2) is 4.68 Å². The van der Waals surface area contributed by atoms with E-state index in [1.54, 1.807) is 18.9 Å². The average molecular weight is 406 g/mol. The van der Waals surface area contributed by atoms with Gasteiger partial charge in [-0.15, -0.1) is 0 Å². The number of hydrogen-bond acceptors (Lipinski definition) is 5. The Bertz CT molecular complexity index is 1020. The second kappa shape index (κ2) is 8.49. The van der Waals surface area contributed by atoms with E-state index in [9.17, 15) is 4.79 Å². The standard InChI is InChI=1S/C23H26N4O3/c1-17-15-22(27(24-17)19-5-4-6-21(16-19)30-3)23(28)26-13-11-25(12-14-26)18-7-9-20(29-2)10-8-18/h4-10,15-16H,11-14H2,1-3H3. The second-order valence-electron chi connectivity index (χ2n) is 7.26. The van der Waals surface area contributed by atoms with Crippen molar-refractivity contribution in [2.45, 2.75) is 6.92 Å². The van der Waals surface area contributed by atoms with Gasteiger partial charge in [-0.1, -0.05) is 6.07 Å². The van der Waals surface area contributed by atoms with Crippen LogP contribution >= 0.6 is 0 Å². The Morgan fingerprint density at radius 2 is 1.57 bits per heavy atom. The van der Waals surface area contributed by atoms with Gasteiger partial charge in [0.25, 0.3) is 5.91 Å². The number of ether oxygens (including phenoxy) is 2. The van der Waals surface area contributed by atoms with E-state index >= 15 is 0 Å². The summed E-state index contributed by atoms with van der Waals surface area (Å²) in [6, 6.07) is 17.4. The molecule has 156 valence electrons. The van der Waals surface area contributed by atoms with Crippen molar-refractivity contribution < 1.29 is 14.3 Å². The quantitative estimate of drug-likeness (QED) is 0.651. The SMILES string of the molecule is COc1ccc(N2CCN(C(=O)c3cc(C)nn3-c3cccc(OC)c3)CC2)cc1. The summed E-state index contributed by atoms with van der Waals surface area (Å²) >= 11 is 0. The summed E-state index contributed by atoms with van der Waals surface area (Å²) in [6.07, 6.45) is 0. The van der Waals surface area contributed by atoms with E-state index in [1.807, 2.05) is 54.3 Å². The third-order valence-electron chi connectivity index (χ3n) is 5.35. The van der Waals surface area contributed by atoms with Gasteiger partial charge in [-0.3, -0.25) is 4.79 Å². The van der Waals surface area contributed by atoms with Crippen molar-refractivity contribution in [1.29, 1.82) is 0 Å². The summed E-state index contributed by atoms with van der Waals surface area (Å²) in [5.74, 6) is 1.56. The zero-order valence-electron chi connectivity index (χ0n) is 17.5. The van der Waals surface area contributed by atoms with Crippen LogP contribution < -0.4 is 14.4 Å². The van der Waals surface area contributed by atoms with E-state index in [4.69, 9.17) is 9.47 Å². The van der Waals surface area contributed by atoms with Crippen molar-refractivity contribution in [3.8, 4) is 17.2 Å². The molecule has 0 aliphatic carbocycles. The van der Waals surface area contributed by atoms with Crippen molar-refractivity contribution in [1.82, 2.24) is 14.7 Å². The van der Waals surface area contributed by atoms with Gasteiger partial charge in [0, 0.05) is 37.9 Å². The van der Waals surface area contributed by atoms with Crippen LogP contribution in [0.5, 0.6) is 11.5 Å². The highest BCUT2D eigenvalue weighted by Gasteiger charge is 2.25. The van der Waals surface area contributed by atoms with Crippen LogP contribution in [0.2, 0.25) is 0 Å². The predicted octanol–water partition coefficient (Wildman–Crippen LogP) is 3.16. The van der Waals surface area contributed by atoms with Crippen molar-refractivity contribution in [3.63, 3.8) is 0 Å². The van der Waals surface area contributed by atoms with Crippen LogP contribution in [0.15, 0.2) is 54.6 Å². The summed E-state index contributed by atoms with van der Waals surface area (Å²) in [5.41, 5.74) is 3.32. The molecular weight excluding hydrogens is 380 g/mol. The van der Waals surface area contributed by atoms with Crippen LogP contribution in [0.3, 0.4) is 0 Å². The molecule has 7 heteroatoms. The number of benzene rings is 2. The number of anilines is 1. The molecule has 0 spiro atoms. The summed E-state index contributed by atoms with van der Waals surface area (Å²) in [5, 5.41) is 4.54. The summed E-state index contributed by atoms with van der Waals surface area (Å²) in [6.45, 7) is 4.78. The van der Waals surface area contributed by atoms with Gasteiger partial charge < -0.3 is 19.3 Å². The molecule has 0 atom stereocenters. The third kappa shape index (κ3) is 3.96. The normalized spacial score (nSPS) is 14.0. The van der Waals surface area contributed by atoms with E-state index in [0.29, 0.717) is 18.8 Å². The number of rotatable bonds is 5. The molecule has 7 nitrogen and oxygen atoms in total. The fourth-order valence-electron chi connectivity index (χ4n) is 3.71. The molecule has 0 radical (unpaired) electrons. The molecule has 1 saturated heterocycles. The van der Waals surface area contributed by atoms with Gasteiger partial charge in [0.1, 0.15) is 17.2 Å². The second-order valence-corrected chi connectivity index (χ2v) is 7.26. The van der Waals surface area contributed by atoms with Crippen LogP contribution in [0.4, 0.5) is 5.69 Å². The molecule has 2 aromatic carbocycles. The van der Waals surface area contributed by atoms with Crippen LogP contribution in [0.25, 0.3) is 5.69 Å². The minimum atomic E-state index is -0.00667. The predicted molar refractivity (Wildman–Crippen MR) is 116 cm³/mol. The number of methoxy groups -OCH3 is 2. The lowest BCUT2D eigenvalue weighted by molar-refractivity contribution is 0.0737. The Balaban J connectivity index is 1.49. The molecule has 2 heterocycles. The first kappa shape index (κ1) is 19.8. The summed E-state index contributed by atoms with van der Waals surface area (Å²) < 4.78 is 12.3. The average Bonchev–Trinajstić information content (AvgIpc) is 3.20. The first-order chi connectivity index (χ1) is 14.6. The molecule has 30 heavy (non-hydrogen) atoms. The van der Waals surface area contributed by atoms with E-state index in [0.717, 1.165) is 41.7 Å².